The number of aromatic nitrogens is 3. The van der Waals surface area contributed by atoms with Gasteiger partial charge in [-0.25, -0.2) is 0 Å². The van der Waals surface area contributed by atoms with Gasteiger partial charge < -0.3 is 30.9 Å². The van der Waals surface area contributed by atoms with Crippen molar-refractivity contribution in [2.24, 2.45) is 5.73 Å². The number of carbonyl (C=O) groups is 1. The molecule has 0 aliphatic heterocycles. The summed E-state index contributed by atoms with van der Waals surface area (Å²) in [6.07, 6.45) is 7.82. The van der Waals surface area contributed by atoms with Gasteiger partial charge in [-0.1, -0.05) is 19.1 Å². The van der Waals surface area contributed by atoms with Gasteiger partial charge in [-0.05, 0) is 48.6 Å². The highest BCUT2D eigenvalue weighted by atomic mass is 16.5. The largest absolute Gasteiger partial charge is 0.493 e. The lowest BCUT2D eigenvalue weighted by atomic mass is 10.0. The number of methoxy groups -OCH3 is 1. The van der Waals surface area contributed by atoms with E-state index in [9.17, 15) is 9.90 Å². The Kier molecular flexibility index (Phi) is 8.47. The van der Waals surface area contributed by atoms with E-state index in [-0.39, 0.29) is 13.0 Å². The van der Waals surface area contributed by atoms with Crippen molar-refractivity contribution in [3.8, 4) is 11.5 Å². The number of nitrogens with two attached hydrogens (primary N) is 1. The molecule has 4 aromatic rings. The predicted octanol–water partition coefficient (Wildman–Crippen LogP) is 3.31. The second-order valence-electron chi connectivity index (χ2n) is 10.1. The summed E-state index contributed by atoms with van der Waals surface area (Å²) in [5, 5.41) is 22.4. The average Bonchev–Trinajstić information content (AvgIpc) is 3.64. The number of carbonyl (C=O) groups excluding carboxylic acids is 1. The predicted molar refractivity (Wildman–Crippen MR) is 154 cm³/mol. The van der Waals surface area contributed by atoms with Crippen LogP contribution in [0, 0.1) is 0 Å². The van der Waals surface area contributed by atoms with Gasteiger partial charge >= 0.3 is 0 Å². The van der Waals surface area contributed by atoms with Gasteiger partial charge in [0.15, 0.2) is 11.5 Å². The van der Waals surface area contributed by atoms with Crippen LogP contribution in [0.25, 0.3) is 10.9 Å². The normalized spacial score (nSPS) is 13.8. The zero-order valence-corrected chi connectivity index (χ0v) is 22.9. The number of fused-ring (bicyclic) bond motifs is 1. The van der Waals surface area contributed by atoms with Crippen molar-refractivity contribution in [3.05, 3.63) is 71.7 Å². The van der Waals surface area contributed by atoms with Gasteiger partial charge in [0.25, 0.3) is 0 Å². The third-order valence-electron chi connectivity index (χ3n) is 7.03. The third kappa shape index (κ3) is 6.52. The number of amides is 1. The molecule has 40 heavy (non-hydrogen) atoms. The lowest BCUT2D eigenvalue weighted by Crippen LogP contribution is -2.32. The molecule has 2 aromatic carbocycles. The first-order valence-electron chi connectivity index (χ1n) is 13.6. The number of primary amides is 1. The lowest BCUT2D eigenvalue weighted by molar-refractivity contribution is -0.117. The Hall–Kier alpha value is -4.15. The molecular formula is C30H36N6O4. The third-order valence-corrected chi connectivity index (χ3v) is 7.03. The second kappa shape index (κ2) is 12.4. The van der Waals surface area contributed by atoms with Crippen molar-refractivity contribution in [3.63, 3.8) is 0 Å². The summed E-state index contributed by atoms with van der Waals surface area (Å²) >= 11 is 0. The molecule has 1 unspecified atom stereocenters. The van der Waals surface area contributed by atoms with Gasteiger partial charge in [0.2, 0.25) is 5.91 Å². The molecule has 0 radical (unpaired) electrons. The summed E-state index contributed by atoms with van der Waals surface area (Å²) < 4.78 is 13.5. The van der Waals surface area contributed by atoms with Crippen LogP contribution in [-0.4, -0.2) is 58.2 Å². The Morgan fingerprint density at radius 2 is 2.08 bits per heavy atom. The number of nitrogens with one attached hydrogen (secondary N) is 2. The molecule has 1 atom stereocenters. The SMILES string of the molecule is CCc1c(Cn2cccn2)cccc1Nc1c(CC(N)=O)cnc2cc(OC)c(OCC(O)CNC3CC3)cc12. The van der Waals surface area contributed by atoms with Crippen LogP contribution in [0.5, 0.6) is 11.5 Å². The Bertz CT molecular complexity index is 1470. The summed E-state index contributed by atoms with van der Waals surface area (Å²) in [6.45, 7) is 3.33. The van der Waals surface area contributed by atoms with Gasteiger partial charge in [-0.3, -0.25) is 14.5 Å². The molecule has 2 heterocycles. The number of aliphatic hydroxyl groups excluding tert-OH is 1. The summed E-state index contributed by atoms with van der Waals surface area (Å²) in [7, 11) is 1.57. The van der Waals surface area contributed by atoms with E-state index in [0.717, 1.165) is 47.2 Å². The van der Waals surface area contributed by atoms with E-state index < -0.39 is 12.0 Å². The van der Waals surface area contributed by atoms with E-state index >= 15 is 0 Å². The van der Waals surface area contributed by atoms with E-state index in [4.69, 9.17) is 15.2 Å². The Labute approximate surface area is 233 Å². The van der Waals surface area contributed by atoms with Crippen LogP contribution >= 0.6 is 0 Å². The van der Waals surface area contributed by atoms with Gasteiger partial charge in [-0.2, -0.15) is 5.10 Å². The van der Waals surface area contributed by atoms with Gasteiger partial charge in [0, 0.05) is 53.9 Å². The Balaban J connectivity index is 1.51. The number of nitrogens with zero attached hydrogens (tertiary/aromatic N) is 3. The lowest BCUT2D eigenvalue weighted by Gasteiger charge is -2.20. The van der Waals surface area contributed by atoms with Gasteiger partial charge in [0.05, 0.1) is 31.3 Å². The molecule has 0 spiro atoms. The number of benzene rings is 2. The molecule has 2 aromatic heterocycles. The topological polar surface area (TPSA) is 137 Å². The molecule has 10 heteroatoms. The zero-order valence-electron chi connectivity index (χ0n) is 22.9. The van der Waals surface area contributed by atoms with Crippen LogP contribution in [0.1, 0.15) is 36.5 Å². The molecule has 210 valence electrons. The highest BCUT2D eigenvalue weighted by molar-refractivity contribution is 5.98. The van der Waals surface area contributed by atoms with Gasteiger partial charge in [0.1, 0.15) is 12.7 Å². The maximum absolute atomic E-state index is 12.0. The average molecular weight is 545 g/mol. The quantitative estimate of drug-likeness (QED) is 0.190. The number of pyridine rings is 1. The van der Waals surface area contributed by atoms with Crippen molar-refractivity contribution < 1.29 is 19.4 Å². The van der Waals surface area contributed by atoms with Crippen LogP contribution in [0.4, 0.5) is 11.4 Å². The van der Waals surface area contributed by atoms with E-state index in [1.807, 2.05) is 35.1 Å². The minimum Gasteiger partial charge on any atom is -0.493 e. The van der Waals surface area contributed by atoms with E-state index in [1.165, 1.54) is 0 Å². The second-order valence-corrected chi connectivity index (χ2v) is 10.1. The summed E-state index contributed by atoms with van der Waals surface area (Å²) in [4.78, 5) is 16.6. The summed E-state index contributed by atoms with van der Waals surface area (Å²) in [5.74, 6) is 0.528. The number of hydrogen-bond donors (Lipinski definition) is 4. The minimum absolute atomic E-state index is 0.0213. The molecule has 1 aliphatic rings. The number of aliphatic hydroxyl groups is 1. The Morgan fingerprint density at radius 1 is 1.23 bits per heavy atom. The molecule has 1 amide bonds. The molecule has 0 saturated heterocycles. The highest BCUT2D eigenvalue weighted by Gasteiger charge is 2.22. The van der Waals surface area contributed by atoms with Crippen LogP contribution in [0.15, 0.2) is 55.0 Å². The van der Waals surface area contributed by atoms with E-state index in [1.54, 1.807) is 25.6 Å². The molecule has 10 nitrogen and oxygen atoms in total. The monoisotopic (exact) mass is 544 g/mol. The molecule has 5 N–H and O–H groups in total. The molecular weight excluding hydrogens is 508 g/mol. The van der Waals surface area contributed by atoms with Crippen molar-refractivity contribution >= 4 is 28.2 Å². The first kappa shape index (κ1) is 27.4. The Morgan fingerprint density at radius 3 is 2.77 bits per heavy atom. The van der Waals surface area contributed by atoms with Crippen LogP contribution in [0.3, 0.4) is 0 Å². The van der Waals surface area contributed by atoms with E-state index in [0.29, 0.717) is 41.7 Å². The molecule has 1 aliphatic carbocycles. The number of anilines is 2. The zero-order chi connectivity index (χ0) is 28.1. The maximum atomic E-state index is 12.0. The fourth-order valence-corrected chi connectivity index (χ4v) is 4.84. The standard InChI is InChI=1S/C30H36N6O4/c1-3-23-19(17-36-11-5-10-34-36)6-4-7-25(23)35-30-20(12-29(31)38)15-33-26-14-27(39-2)28(13-24(26)30)40-18-22(37)16-32-21-8-9-21/h4-7,10-11,13-15,21-22,32,37H,3,8-9,12,16-18H2,1-2H3,(H2,31,38)(H,33,35). The first-order valence-corrected chi connectivity index (χ1v) is 13.6. The summed E-state index contributed by atoms with van der Waals surface area (Å²) in [5.41, 5.74) is 10.9. The number of ether oxygens (including phenoxy) is 2. The van der Waals surface area contributed by atoms with E-state index in [2.05, 4.69) is 33.7 Å². The number of hydrogen-bond acceptors (Lipinski definition) is 8. The fourth-order valence-electron chi connectivity index (χ4n) is 4.84. The van der Waals surface area contributed by atoms with Crippen molar-refractivity contribution in [2.75, 3.05) is 25.6 Å². The fraction of sp³-hybridized carbons (Fsp3) is 0.367. The van der Waals surface area contributed by atoms with Gasteiger partial charge in [-0.15, -0.1) is 0 Å². The van der Waals surface area contributed by atoms with Crippen LogP contribution < -0.4 is 25.8 Å². The summed E-state index contributed by atoms with van der Waals surface area (Å²) in [6, 6.07) is 12.2. The maximum Gasteiger partial charge on any atom is 0.221 e. The molecule has 1 fully saturated rings. The van der Waals surface area contributed by atoms with Crippen LogP contribution in [0.2, 0.25) is 0 Å². The minimum atomic E-state index is -0.664. The van der Waals surface area contributed by atoms with Crippen LogP contribution in [-0.2, 0) is 24.2 Å². The first-order chi connectivity index (χ1) is 19.4. The molecule has 5 rings (SSSR count). The smallest absolute Gasteiger partial charge is 0.221 e. The van der Waals surface area contributed by atoms with Crippen molar-refractivity contribution in [2.45, 2.75) is 51.3 Å². The molecule has 0 bridgehead atoms. The number of rotatable bonds is 14. The van der Waals surface area contributed by atoms with Crippen molar-refractivity contribution in [1.82, 2.24) is 20.1 Å². The molecule has 1 saturated carbocycles. The highest BCUT2D eigenvalue weighted by Crippen LogP contribution is 2.38. The van der Waals surface area contributed by atoms with Crippen molar-refractivity contribution in [1.29, 1.82) is 0 Å².